The van der Waals surface area contributed by atoms with Gasteiger partial charge in [0.2, 0.25) is 0 Å². The average molecular weight is 437 g/mol. The minimum atomic E-state index is -0.579. The van der Waals surface area contributed by atoms with E-state index >= 15 is 0 Å². The molecule has 0 radical (unpaired) electrons. The zero-order chi connectivity index (χ0) is 23.9. The first-order chi connectivity index (χ1) is 14.4. The predicted molar refractivity (Wildman–Crippen MR) is 113 cm³/mol. The summed E-state index contributed by atoms with van der Waals surface area (Å²) in [5.41, 5.74) is 1.45. The van der Waals surface area contributed by atoms with E-state index in [1.54, 1.807) is 13.0 Å². The van der Waals surface area contributed by atoms with Crippen molar-refractivity contribution in [3.05, 3.63) is 22.8 Å². The summed E-state index contributed by atoms with van der Waals surface area (Å²) in [6.07, 6.45) is 0.248. The van der Waals surface area contributed by atoms with Crippen LogP contribution < -0.4 is 9.47 Å². The van der Waals surface area contributed by atoms with Crippen LogP contribution in [0.25, 0.3) is 0 Å². The normalized spacial score (nSPS) is 13.5. The molecule has 3 atom stereocenters. The maximum atomic E-state index is 11.8. The molecule has 31 heavy (non-hydrogen) atoms. The summed E-state index contributed by atoms with van der Waals surface area (Å²) >= 11 is 0. The average Bonchev–Trinajstić information content (AvgIpc) is 2.66. The highest BCUT2D eigenvalue weighted by atomic mass is 16.6. The van der Waals surface area contributed by atoms with E-state index in [0.29, 0.717) is 16.7 Å². The van der Waals surface area contributed by atoms with Crippen molar-refractivity contribution in [1.29, 1.82) is 0 Å². The molecule has 0 saturated carbocycles. The third-order valence-corrected chi connectivity index (χ3v) is 5.03. The van der Waals surface area contributed by atoms with Crippen molar-refractivity contribution in [1.82, 2.24) is 0 Å². The minimum absolute atomic E-state index is 0.0103. The molecule has 0 fully saturated rings. The molecule has 172 valence electrons. The Bertz CT molecular complexity index is 842. The molecule has 0 aliphatic carbocycles. The number of ether oxygens (including phenoxy) is 4. The molecule has 0 aliphatic rings. The van der Waals surface area contributed by atoms with Gasteiger partial charge in [-0.3, -0.25) is 19.2 Å². The second kappa shape index (κ2) is 11.5. The van der Waals surface area contributed by atoms with Gasteiger partial charge in [-0.1, -0.05) is 27.2 Å². The van der Waals surface area contributed by atoms with E-state index in [2.05, 4.69) is 0 Å². The fourth-order valence-electron chi connectivity index (χ4n) is 3.39. The monoisotopic (exact) mass is 436 g/mol. The molecular formula is C23H32O8. The van der Waals surface area contributed by atoms with Crippen LogP contribution in [0.5, 0.6) is 11.5 Å². The predicted octanol–water partition coefficient (Wildman–Crippen LogP) is 3.99. The number of rotatable bonds is 9. The first kappa shape index (κ1) is 26.1. The molecule has 0 aliphatic heterocycles. The molecule has 1 rings (SSSR count). The summed E-state index contributed by atoms with van der Waals surface area (Å²) in [6, 6.07) is 1.64. The molecule has 0 amide bonds. The van der Waals surface area contributed by atoms with Gasteiger partial charge in [0.1, 0.15) is 24.2 Å². The van der Waals surface area contributed by atoms with E-state index in [0.717, 1.165) is 6.42 Å². The van der Waals surface area contributed by atoms with Gasteiger partial charge in [0.15, 0.2) is 0 Å². The van der Waals surface area contributed by atoms with Crippen molar-refractivity contribution in [2.24, 2.45) is 5.92 Å². The maximum absolute atomic E-state index is 11.8. The topological polar surface area (TPSA) is 105 Å². The standard InChI is InChI=1S/C23H32O8/c1-9-12(2)22(30-17(7)26)13(3)19-10-21(29-16(6)25)14(4)23(31-18(8)27)20(19)11-28-15(5)24/h10,12-13,22H,9,11H2,1-8H3/t12-,13+,22+/m1/s1. The molecular weight excluding hydrogens is 404 g/mol. The molecule has 0 N–H and O–H groups in total. The van der Waals surface area contributed by atoms with Crippen molar-refractivity contribution in [2.75, 3.05) is 0 Å². The summed E-state index contributed by atoms with van der Waals surface area (Å²) in [5.74, 6) is -2.06. The van der Waals surface area contributed by atoms with Crippen LogP contribution in [0.15, 0.2) is 6.07 Å². The lowest BCUT2D eigenvalue weighted by atomic mass is 9.83. The molecule has 8 nitrogen and oxygen atoms in total. The van der Waals surface area contributed by atoms with E-state index in [-0.39, 0.29) is 29.9 Å². The fraction of sp³-hybridized carbons (Fsp3) is 0.565. The van der Waals surface area contributed by atoms with Gasteiger partial charge in [0.25, 0.3) is 0 Å². The molecule has 1 aromatic rings. The highest BCUT2D eigenvalue weighted by Crippen LogP contribution is 2.41. The summed E-state index contributed by atoms with van der Waals surface area (Å²) in [6.45, 7) is 12.4. The van der Waals surface area contributed by atoms with E-state index in [9.17, 15) is 19.2 Å². The van der Waals surface area contributed by atoms with Gasteiger partial charge in [0.05, 0.1) is 0 Å². The zero-order valence-electron chi connectivity index (χ0n) is 19.5. The Kier molecular flexibility index (Phi) is 9.68. The van der Waals surface area contributed by atoms with Crippen LogP contribution >= 0.6 is 0 Å². The van der Waals surface area contributed by atoms with Crippen molar-refractivity contribution < 1.29 is 38.1 Å². The molecule has 0 unspecified atom stereocenters. The maximum Gasteiger partial charge on any atom is 0.308 e. The van der Waals surface area contributed by atoms with Gasteiger partial charge in [-0.05, 0) is 24.5 Å². The summed E-state index contributed by atoms with van der Waals surface area (Å²) in [5, 5.41) is 0. The van der Waals surface area contributed by atoms with Gasteiger partial charge < -0.3 is 18.9 Å². The highest BCUT2D eigenvalue weighted by molar-refractivity contribution is 5.74. The Hall–Kier alpha value is -2.90. The van der Waals surface area contributed by atoms with Crippen molar-refractivity contribution in [3.63, 3.8) is 0 Å². The Morgan fingerprint density at radius 3 is 1.94 bits per heavy atom. The molecule has 0 aromatic heterocycles. The minimum Gasteiger partial charge on any atom is -0.462 e. The molecule has 0 heterocycles. The SMILES string of the molecule is CC[C@@H](C)[C@H](OC(C)=O)[C@@H](C)c1cc(OC(C)=O)c(C)c(OC(C)=O)c1COC(C)=O. The number of carbonyl (C=O) groups excluding carboxylic acids is 4. The van der Waals surface area contributed by atoms with Crippen LogP contribution in [0.3, 0.4) is 0 Å². The van der Waals surface area contributed by atoms with Crippen molar-refractivity contribution >= 4 is 23.9 Å². The van der Waals surface area contributed by atoms with Gasteiger partial charge in [-0.25, -0.2) is 0 Å². The van der Waals surface area contributed by atoms with Crippen LogP contribution in [0, 0.1) is 12.8 Å². The largest absolute Gasteiger partial charge is 0.462 e. The lowest BCUT2D eigenvalue weighted by Gasteiger charge is -2.31. The van der Waals surface area contributed by atoms with Crippen molar-refractivity contribution in [3.8, 4) is 11.5 Å². The Balaban J connectivity index is 3.77. The Labute approximate surface area is 183 Å². The van der Waals surface area contributed by atoms with Crippen LogP contribution in [0.2, 0.25) is 0 Å². The molecule has 8 heteroatoms. The first-order valence-electron chi connectivity index (χ1n) is 10.2. The first-order valence-corrected chi connectivity index (χ1v) is 10.2. The van der Waals surface area contributed by atoms with Crippen LogP contribution in [0.4, 0.5) is 0 Å². The molecule has 0 saturated heterocycles. The van der Waals surface area contributed by atoms with E-state index in [1.807, 2.05) is 20.8 Å². The van der Waals surface area contributed by atoms with E-state index < -0.39 is 30.0 Å². The number of hydrogen-bond donors (Lipinski definition) is 0. The van der Waals surface area contributed by atoms with Crippen LogP contribution in [-0.2, 0) is 35.3 Å². The Morgan fingerprint density at radius 1 is 0.903 bits per heavy atom. The smallest absolute Gasteiger partial charge is 0.308 e. The second-order valence-electron chi connectivity index (χ2n) is 7.61. The lowest BCUT2D eigenvalue weighted by Crippen LogP contribution is -2.30. The zero-order valence-corrected chi connectivity index (χ0v) is 19.5. The quantitative estimate of drug-likeness (QED) is 0.423. The number of hydrogen-bond acceptors (Lipinski definition) is 8. The third kappa shape index (κ3) is 7.38. The van der Waals surface area contributed by atoms with Crippen LogP contribution in [0.1, 0.15) is 77.5 Å². The van der Waals surface area contributed by atoms with Gasteiger partial charge in [0, 0.05) is 44.7 Å². The van der Waals surface area contributed by atoms with Gasteiger partial charge in [-0.15, -0.1) is 0 Å². The lowest BCUT2D eigenvalue weighted by molar-refractivity contribution is -0.150. The summed E-state index contributed by atoms with van der Waals surface area (Å²) in [4.78, 5) is 46.7. The fourth-order valence-corrected chi connectivity index (χ4v) is 3.39. The summed E-state index contributed by atoms with van der Waals surface area (Å²) in [7, 11) is 0. The van der Waals surface area contributed by atoms with Gasteiger partial charge in [-0.2, -0.15) is 0 Å². The summed E-state index contributed by atoms with van der Waals surface area (Å²) < 4.78 is 21.6. The molecule has 1 aromatic carbocycles. The van der Waals surface area contributed by atoms with E-state index in [4.69, 9.17) is 18.9 Å². The second-order valence-corrected chi connectivity index (χ2v) is 7.61. The van der Waals surface area contributed by atoms with Gasteiger partial charge >= 0.3 is 23.9 Å². The third-order valence-electron chi connectivity index (χ3n) is 5.03. The molecule has 0 bridgehead atoms. The molecule has 0 spiro atoms. The Morgan fingerprint density at radius 2 is 1.48 bits per heavy atom. The van der Waals surface area contributed by atoms with E-state index in [1.165, 1.54) is 27.7 Å². The van der Waals surface area contributed by atoms with Crippen molar-refractivity contribution in [2.45, 2.75) is 80.4 Å². The number of benzene rings is 1. The highest BCUT2D eigenvalue weighted by Gasteiger charge is 2.32. The number of carbonyl (C=O) groups is 4. The number of esters is 4. The van der Waals surface area contributed by atoms with Crippen LogP contribution in [-0.4, -0.2) is 30.0 Å².